The lowest BCUT2D eigenvalue weighted by atomic mass is 10.1. The molecular formula is C12H10FNOS. The van der Waals surface area contributed by atoms with Crippen LogP contribution in [0.15, 0.2) is 35.8 Å². The summed E-state index contributed by atoms with van der Waals surface area (Å²) in [6.07, 6.45) is 2.08. The number of benzene rings is 1. The van der Waals surface area contributed by atoms with Crippen LogP contribution in [-0.4, -0.2) is 10.8 Å². The summed E-state index contributed by atoms with van der Waals surface area (Å²) >= 11 is 1.44. The molecule has 0 bridgehead atoms. The fourth-order valence-electron chi connectivity index (χ4n) is 1.43. The van der Waals surface area contributed by atoms with Gasteiger partial charge in [-0.1, -0.05) is 18.2 Å². The van der Waals surface area contributed by atoms with E-state index in [1.54, 1.807) is 24.4 Å². The van der Waals surface area contributed by atoms with Crippen LogP contribution in [0.2, 0.25) is 0 Å². The molecule has 0 amide bonds. The first-order chi connectivity index (χ1) is 7.75. The topological polar surface area (TPSA) is 30.0 Å². The van der Waals surface area contributed by atoms with Gasteiger partial charge in [0.05, 0.1) is 11.4 Å². The molecule has 16 heavy (non-hydrogen) atoms. The molecule has 2 rings (SSSR count). The molecule has 0 saturated heterocycles. The summed E-state index contributed by atoms with van der Waals surface area (Å²) in [5.41, 5.74) is 0.448. The maximum absolute atomic E-state index is 13.3. The van der Waals surface area contributed by atoms with Crippen molar-refractivity contribution in [3.63, 3.8) is 0 Å². The number of hydrogen-bond acceptors (Lipinski definition) is 3. The highest BCUT2D eigenvalue weighted by molar-refractivity contribution is 7.09. The molecule has 1 heterocycles. The summed E-state index contributed by atoms with van der Waals surface area (Å²) in [6.45, 7) is 0. The minimum Gasteiger partial charge on any atom is -0.299 e. The first-order valence-corrected chi connectivity index (χ1v) is 5.77. The number of halogens is 1. The van der Waals surface area contributed by atoms with Gasteiger partial charge < -0.3 is 0 Å². The monoisotopic (exact) mass is 235 g/mol. The Morgan fingerprint density at radius 3 is 2.81 bits per heavy atom. The zero-order chi connectivity index (χ0) is 11.4. The molecule has 0 spiro atoms. The zero-order valence-electron chi connectivity index (χ0n) is 8.52. The molecule has 0 aliphatic heterocycles. The van der Waals surface area contributed by atoms with Crippen LogP contribution in [0.1, 0.15) is 10.6 Å². The van der Waals surface area contributed by atoms with Crippen LogP contribution in [0.4, 0.5) is 4.39 Å². The van der Waals surface area contributed by atoms with Crippen molar-refractivity contribution in [1.29, 1.82) is 0 Å². The van der Waals surface area contributed by atoms with E-state index in [2.05, 4.69) is 4.98 Å². The van der Waals surface area contributed by atoms with Gasteiger partial charge in [-0.05, 0) is 11.6 Å². The average molecular weight is 235 g/mol. The normalized spacial score (nSPS) is 10.3. The van der Waals surface area contributed by atoms with Crippen LogP contribution >= 0.6 is 11.3 Å². The predicted molar refractivity (Wildman–Crippen MR) is 60.9 cm³/mol. The second-order valence-corrected chi connectivity index (χ2v) is 4.39. The smallest absolute Gasteiger partial charge is 0.144 e. The van der Waals surface area contributed by atoms with Gasteiger partial charge in [0.15, 0.2) is 0 Å². The van der Waals surface area contributed by atoms with Crippen molar-refractivity contribution in [1.82, 2.24) is 4.98 Å². The Hall–Kier alpha value is -1.55. The highest BCUT2D eigenvalue weighted by Crippen LogP contribution is 2.10. The number of carbonyl (C=O) groups is 1. The number of aromatic nitrogens is 1. The van der Waals surface area contributed by atoms with Gasteiger partial charge in [-0.25, -0.2) is 9.37 Å². The standard InChI is InChI=1S/C12H10FNOS/c13-11-4-2-1-3-9(11)7-10(15)8-12-14-5-6-16-12/h1-6H,7-8H2. The number of carbonyl (C=O) groups excluding carboxylic acids is 1. The van der Waals surface area contributed by atoms with Crippen LogP contribution in [-0.2, 0) is 17.6 Å². The first-order valence-electron chi connectivity index (χ1n) is 4.89. The Morgan fingerprint density at radius 1 is 1.31 bits per heavy atom. The molecule has 0 fully saturated rings. The number of rotatable bonds is 4. The Kier molecular flexibility index (Phi) is 3.41. The lowest BCUT2D eigenvalue weighted by Crippen LogP contribution is -2.07. The quantitative estimate of drug-likeness (QED) is 0.815. The maximum atomic E-state index is 13.3. The molecule has 1 aromatic heterocycles. The summed E-state index contributed by atoms with van der Waals surface area (Å²) in [5.74, 6) is -0.338. The Morgan fingerprint density at radius 2 is 2.12 bits per heavy atom. The SMILES string of the molecule is O=C(Cc1nccs1)Cc1ccccc1F. The Balaban J connectivity index is 2.00. The fraction of sp³-hybridized carbons (Fsp3) is 0.167. The van der Waals surface area contributed by atoms with E-state index in [0.29, 0.717) is 5.56 Å². The van der Waals surface area contributed by atoms with Crippen molar-refractivity contribution in [2.75, 3.05) is 0 Å². The van der Waals surface area contributed by atoms with Gasteiger partial charge in [0.2, 0.25) is 0 Å². The number of nitrogens with zero attached hydrogens (tertiary/aromatic N) is 1. The van der Waals surface area contributed by atoms with E-state index in [1.807, 2.05) is 5.38 Å². The second kappa shape index (κ2) is 4.99. The number of ketones is 1. The lowest BCUT2D eigenvalue weighted by molar-refractivity contribution is -0.117. The van der Waals surface area contributed by atoms with Crippen molar-refractivity contribution in [3.8, 4) is 0 Å². The van der Waals surface area contributed by atoms with Gasteiger partial charge in [0, 0.05) is 18.0 Å². The van der Waals surface area contributed by atoms with E-state index in [1.165, 1.54) is 17.4 Å². The third-order valence-electron chi connectivity index (χ3n) is 2.18. The number of thiazole rings is 1. The molecule has 0 aliphatic rings. The minimum absolute atomic E-state index is 0.0138. The lowest BCUT2D eigenvalue weighted by Gasteiger charge is -2.00. The molecule has 0 saturated carbocycles. The molecule has 1 aromatic carbocycles. The van der Waals surface area contributed by atoms with Crippen molar-refractivity contribution in [2.45, 2.75) is 12.8 Å². The molecule has 4 heteroatoms. The third-order valence-corrected chi connectivity index (χ3v) is 2.96. The molecule has 2 nitrogen and oxygen atoms in total. The molecule has 2 aromatic rings. The molecule has 82 valence electrons. The third kappa shape index (κ3) is 2.73. The van der Waals surface area contributed by atoms with Crippen LogP contribution < -0.4 is 0 Å². The Labute approximate surface area is 96.8 Å². The van der Waals surface area contributed by atoms with Gasteiger partial charge in [0.1, 0.15) is 11.6 Å². The van der Waals surface area contributed by atoms with Crippen LogP contribution in [0, 0.1) is 5.82 Å². The maximum Gasteiger partial charge on any atom is 0.144 e. The number of hydrogen-bond donors (Lipinski definition) is 0. The minimum atomic E-state index is -0.324. The highest BCUT2D eigenvalue weighted by Gasteiger charge is 2.09. The molecule has 0 atom stereocenters. The van der Waals surface area contributed by atoms with Crippen molar-refractivity contribution < 1.29 is 9.18 Å². The predicted octanol–water partition coefficient (Wildman–Crippen LogP) is 2.64. The van der Waals surface area contributed by atoms with Gasteiger partial charge in [-0.15, -0.1) is 11.3 Å². The van der Waals surface area contributed by atoms with Crippen molar-refractivity contribution in [2.24, 2.45) is 0 Å². The summed E-state index contributed by atoms with van der Waals surface area (Å²) in [6, 6.07) is 6.35. The van der Waals surface area contributed by atoms with E-state index in [4.69, 9.17) is 0 Å². The van der Waals surface area contributed by atoms with Gasteiger partial charge in [0.25, 0.3) is 0 Å². The van der Waals surface area contributed by atoms with Gasteiger partial charge in [-0.3, -0.25) is 4.79 Å². The molecule has 0 N–H and O–H groups in total. The van der Waals surface area contributed by atoms with Crippen molar-refractivity contribution in [3.05, 3.63) is 52.2 Å². The van der Waals surface area contributed by atoms with E-state index in [-0.39, 0.29) is 24.4 Å². The second-order valence-electron chi connectivity index (χ2n) is 3.41. The fourth-order valence-corrected chi connectivity index (χ4v) is 2.07. The van der Waals surface area contributed by atoms with Crippen LogP contribution in [0.5, 0.6) is 0 Å². The summed E-state index contributed by atoms with van der Waals surface area (Å²) < 4.78 is 13.3. The number of Topliss-reactive ketones (excluding diaryl/α,β-unsaturated/α-hetero) is 1. The van der Waals surface area contributed by atoms with E-state index in [0.717, 1.165) is 5.01 Å². The van der Waals surface area contributed by atoms with E-state index < -0.39 is 0 Å². The van der Waals surface area contributed by atoms with Gasteiger partial charge in [-0.2, -0.15) is 0 Å². The average Bonchev–Trinajstić information content (AvgIpc) is 2.74. The Bertz CT molecular complexity index is 482. The summed E-state index contributed by atoms with van der Waals surface area (Å²) in [7, 11) is 0. The molecular weight excluding hydrogens is 225 g/mol. The highest BCUT2D eigenvalue weighted by atomic mass is 32.1. The molecule has 0 unspecified atom stereocenters. The first kappa shape index (κ1) is 11.0. The zero-order valence-corrected chi connectivity index (χ0v) is 9.34. The summed E-state index contributed by atoms with van der Waals surface area (Å²) in [4.78, 5) is 15.7. The van der Waals surface area contributed by atoms with Gasteiger partial charge >= 0.3 is 0 Å². The van der Waals surface area contributed by atoms with E-state index >= 15 is 0 Å². The van der Waals surface area contributed by atoms with E-state index in [9.17, 15) is 9.18 Å². The van der Waals surface area contributed by atoms with Crippen LogP contribution in [0.3, 0.4) is 0 Å². The molecule has 0 radical (unpaired) electrons. The summed E-state index contributed by atoms with van der Waals surface area (Å²) in [5, 5.41) is 2.60. The van der Waals surface area contributed by atoms with Crippen LogP contribution in [0.25, 0.3) is 0 Å². The van der Waals surface area contributed by atoms with Crippen molar-refractivity contribution >= 4 is 17.1 Å². The largest absolute Gasteiger partial charge is 0.299 e. The molecule has 0 aliphatic carbocycles.